The molecule has 0 aromatic heterocycles. The molecule has 1 aromatic carbocycles. The number of hydrogen-bond donors (Lipinski definition) is 1. The first-order chi connectivity index (χ1) is 9.77. The number of nitro groups is 1. The molecule has 0 saturated heterocycles. The molecule has 0 aliphatic heterocycles. The monoisotopic (exact) mass is 336 g/mol. The van der Waals surface area contributed by atoms with Crippen LogP contribution in [0, 0.1) is 10.1 Å². The number of carbonyl (C=O) groups excluding carboxylic acids is 1. The molecule has 1 aromatic rings. The normalized spacial score (nSPS) is 11.1. The molecule has 0 aliphatic carbocycles. The molecule has 1 amide bonds. The zero-order chi connectivity index (χ0) is 16.0. The smallest absolute Gasteiger partial charge is 0.287 e. The Hall–Kier alpha value is -1.71. The highest BCUT2D eigenvalue weighted by atomic mass is 35.5. The zero-order valence-electron chi connectivity index (χ0n) is 11.0. The minimum absolute atomic E-state index is 0.0961. The average Bonchev–Trinajstić information content (AvgIpc) is 2.37. The number of amides is 1. The van der Waals surface area contributed by atoms with Gasteiger partial charge in [0.15, 0.2) is 0 Å². The van der Waals surface area contributed by atoms with Crippen molar-refractivity contribution in [3.8, 4) is 0 Å². The number of ether oxygens (including phenoxy) is 1. The molecule has 0 atom stereocenters. The highest BCUT2D eigenvalue weighted by Crippen LogP contribution is 2.26. The van der Waals surface area contributed by atoms with Gasteiger partial charge in [-0.25, -0.2) is 13.1 Å². The standard InChI is InChI=1S/C11H13ClN2O6S/c1-2-20-6-5-11(15)13-21(18,19)8-3-4-10(14(16)17)9(12)7-8/h3-4,7H,2,5-6H2,1H3,(H,13,15). The lowest BCUT2D eigenvalue weighted by Crippen LogP contribution is -2.31. The third-order valence-electron chi connectivity index (χ3n) is 2.35. The molecule has 8 nitrogen and oxygen atoms in total. The molecule has 0 bridgehead atoms. The van der Waals surface area contributed by atoms with Gasteiger partial charge >= 0.3 is 0 Å². The molecule has 21 heavy (non-hydrogen) atoms. The van der Waals surface area contributed by atoms with E-state index in [4.69, 9.17) is 16.3 Å². The Morgan fingerprint density at radius 2 is 2.14 bits per heavy atom. The Morgan fingerprint density at radius 1 is 1.48 bits per heavy atom. The van der Waals surface area contributed by atoms with Crippen LogP contribution in [0.4, 0.5) is 5.69 Å². The second kappa shape index (κ2) is 7.34. The fourth-order valence-corrected chi connectivity index (χ4v) is 2.73. The Labute approximate surface area is 126 Å². The number of sulfonamides is 1. The van der Waals surface area contributed by atoms with E-state index < -0.39 is 26.5 Å². The van der Waals surface area contributed by atoms with Gasteiger partial charge in [0.1, 0.15) is 5.02 Å². The van der Waals surface area contributed by atoms with Crippen LogP contribution in [0.15, 0.2) is 23.1 Å². The van der Waals surface area contributed by atoms with Crippen molar-refractivity contribution < 1.29 is 22.9 Å². The molecule has 0 fully saturated rings. The summed E-state index contributed by atoms with van der Waals surface area (Å²) in [5, 5.41) is 10.3. The predicted octanol–water partition coefficient (Wildman–Crippen LogP) is 1.48. The van der Waals surface area contributed by atoms with Crippen LogP contribution < -0.4 is 4.72 Å². The van der Waals surface area contributed by atoms with Crippen LogP contribution in [0.5, 0.6) is 0 Å². The van der Waals surface area contributed by atoms with Crippen molar-refractivity contribution in [2.75, 3.05) is 13.2 Å². The molecule has 0 spiro atoms. The Bertz CT molecular complexity index is 646. The number of nitro benzene ring substituents is 1. The molecular formula is C11H13ClN2O6S. The SMILES string of the molecule is CCOCCC(=O)NS(=O)(=O)c1ccc([N+](=O)[O-])c(Cl)c1. The Kier molecular flexibility index (Phi) is 6.06. The van der Waals surface area contributed by atoms with Gasteiger partial charge in [-0.3, -0.25) is 14.9 Å². The molecule has 0 unspecified atom stereocenters. The maximum atomic E-state index is 11.9. The first kappa shape index (κ1) is 17.3. The number of benzene rings is 1. The van der Waals surface area contributed by atoms with Gasteiger partial charge in [-0.05, 0) is 19.1 Å². The number of carbonyl (C=O) groups is 1. The predicted molar refractivity (Wildman–Crippen MR) is 74.5 cm³/mol. The summed E-state index contributed by atoms with van der Waals surface area (Å²) in [6, 6.07) is 2.88. The lowest BCUT2D eigenvalue weighted by atomic mass is 10.3. The van der Waals surface area contributed by atoms with E-state index in [2.05, 4.69) is 0 Å². The average molecular weight is 337 g/mol. The van der Waals surface area contributed by atoms with Gasteiger partial charge in [0.05, 0.1) is 22.8 Å². The van der Waals surface area contributed by atoms with Crippen molar-refractivity contribution in [3.63, 3.8) is 0 Å². The van der Waals surface area contributed by atoms with Crippen LogP contribution in [-0.2, 0) is 19.6 Å². The van der Waals surface area contributed by atoms with E-state index in [9.17, 15) is 23.3 Å². The van der Waals surface area contributed by atoms with Crippen LogP contribution in [0.2, 0.25) is 5.02 Å². The van der Waals surface area contributed by atoms with Crippen molar-refractivity contribution in [1.82, 2.24) is 4.72 Å². The zero-order valence-corrected chi connectivity index (χ0v) is 12.6. The van der Waals surface area contributed by atoms with Gasteiger partial charge in [0.25, 0.3) is 15.7 Å². The molecule has 0 radical (unpaired) electrons. The third-order valence-corrected chi connectivity index (χ3v) is 4.03. The van der Waals surface area contributed by atoms with Crippen LogP contribution in [-0.4, -0.2) is 32.5 Å². The van der Waals surface area contributed by atoms with Crippen molar-refractivity contribution in [3.05, 3.63) is 33.3 Å². The van der Waals surface area contributed by atoms with Gasteiger partial charge in [-0.1, -0.05) is 11.6 Å². The van der Waals surface area contributed by atoms with E-state index in [1.165, 1.54) is 0 Å². The summed E-state index contributed by atoms with van der Waals surface area (Å²) in [5.41, 5.74) is -0.418. The molecule has 1 N–H and O–H groups in total. The topological polar surface area (TPSA) is 116 Å². The first-order valence-corrected chi connectivity index (χ1v) is 7.71. The van der Waals surface area contributed by atoms with Crippen LogP contribution in [0.1, 0.15) is 13.3 Å². The van der Waals surface area contributed by atoms with Crippen LogP contribution >= 0.6 is 11.6 Å². The molecule has 10 heteroatoms. The van der Waals surface area contributed by atoms with E-state index >= 15 is 0 Å². The number of nitrogens with zero attached hydrogens (tertiary/aromatic N) is 1. The summed E-state index contributed by atoms with van der Waals surface area (Å²) >= 11 is 5.63. The first-order valence-electron chi connectivity index (χ1n) is 5.85. The Morgan fingerprint density at radius 3 is 2.67 bits per heavy atom. The molecule has 0 heterocycles. The third kappa shape index (κ3) is 4.96. The maximum Gasteiger partial charge on any atom is 0.287 e. The minimum atomic E-state index is -4.12. The summed E-state index contributed by atoms with van der Waals surface area (Å²) in [6.07, 6.45) is -0.117. The molecule has 116 valence electrons. The number of rotatable bonds is 7. The van der Waals surface area contributed by atoms with Crippen molar-refractivity contribution in [2.45, 2.75) is 18.2 Å². The molecular weight excluding hydrogens is 324 g/mol. The van der Waals surface area contributed by atoms with E-state index in [1.54, 1.807) is 6.92 Å². The van der Waals surface area contributed by atoms with Gasteiger partial charge in [-0.2, -0.15) is 0 Å². The second-order valence-corrected chi connectivity index (χ2v) is 5.94. The molecule has 1 rings (SSSR count). The van der Waals surface area contributed by atoms with E-state index in [0.29, 0.717) is 6.61 Å². The highest BCUT2D eigenvalue weighted by Gasteiger charge is 2.21. The number of halogens is 1. The largest absolute Gasteiger partial charge is 0.381 e. The van der Waals surface area contributed by atoms with E-state index in [-0.39, 0.29) is 22.9 Å². The highest BCUT2D eigenvalue weighted by molar-refractivity contribution is 7.90. The van der Waals surface area contributed by atoms with Crippen LogP contribution in [0.25, 0.3) is 0 Å². The number of hydrogen-bond acceptors (Lipinski definition) is 6. The lowest BCUT2D eigenvalue weighted by molar-refractivity contribution is -0.384. The summed E-state index contributed by atoms with van der Waals surface area (Å²) < 4.78 is 30.6. The Balaban J connectivity index is 2.86. The van der Waals surface area contributed by atoms with Gasteiger partial charge in [-0.15, -0.1) is 0 Å². The summed E-state index contributed by atoms with van der Waals surface area (Å²) in [4.78, 5) is 21.0. The molecule has 0 saturated carbocycles. The summed E-state index contributed by atoms with van der Waals surface area (Å²) in [5.74, 6) is -0.738. The van der Waals surface area contributed by atoms with E-state index in [1.807, 2.05) is 4.72 Å². The molecule has 0 aliphatic rings. The quantitative estimate of drug-likeness (QED) is 0.458. The number of nitrogens with one attached hydrogen (secondary N) is 1. The fourth-order valence-electron chi connectivity index (χ4n) is 1.37. The summed E-state index contributed by atoms with van der Waals surface area (Å²) in [7, 11) is -4.12. The van der Waals surface area contributed by atoms with Gasteiger partial charge < -0.3 is 4.74 Å². The maximum absolute atomic E-state index is 11.9. The van der Waals surface area contributed by atoms with Crippen molar-refractivity contribution >= 4 is 33.2 Å². The lowest BCUT2D eigenvalue weighted by Gasteiger charge is -2.07. The summed E-state index contributed by atoms with van der Waals surface area (Å²) in [6.45, 7) is 2.25. The second-order valence-electron chi connectivity index (χ2n) is 3.85. The van der Waals surface area contributed by atoms with Crippen molar-refractivity contribution in [2.24, 2.45) is 0 Å². The van der Waals surface area contributed by atoms with Crippen molar-refractivity contribution in [1.29, 1.82) is 0 Å². The van der Waals surface area contributed by atoms with E-state index in [0.717, 1.165) is 18.2 Å². The van der Waals surface area contributed by atoms with Crippen LogP contribution in [0.3, 0.4) is 0 Å². The van der Waals surface area contributed by atoms with Gasteiger partial charge in [0, 0.05) is 12.7 Å². The minimum Gasteiger partial charge on any atom is -0.381 e. The fraction of sp³-hybridized carbons (Fsp3) is 0.364. The van der Waals surface area contributed by atoms with Gasteiger partial charge in [0.2, 0.25) is 5.91 Å².